The van der Waals surface area contributed by atoms with Crippen LogP contribution in [-0.4, -0.2) is 40.6 Å². The molecular weight excluding hydrogens is 359 g/mol. The highest BCUT2D eigenvalue weighted by molar-refractivity contribution is 7.89. The van der Waals surface area contributed by atoms with Crippen LogP contribution in [0.3, 0.4) is 0 Å². The second-order valence-corrected chi connectivity index (χ2v) is 6.13. The van der Waals surface area contributed by atoms with E-state index in [-0.39, 0.29) is 29.6 Å². The van der Waals surface area contributed by atoms with Crippen LogP contribution in [0.15, 0.2) is 29.2 Å². The Morgan fingerprint density at radius 2 is 1.74 bits per heavy atom. The van der Waals surface area contributed by atoms with Gasteiger partial charge in [-0.05, 0) is 31.3 Å². The second kappa shape index (κ2) is 9.06. The van der Waals surface area contributed by atoms with Gasteiger partial charge in [-0.25, -0.2) is 13.1 Å². The lowest BCUT2D eigenvalue weighted by Crippen LogP contribution is -2.33. The summed E-state index contributed by atoms with van der Waals surface area (Å²) in [6, 6.07) is 4.84. The smallest absolute Gasteiger partial charge is 0.326 e. The van der Waals surface area contributed by atoms with Crippen LogP contribution in [0.1, 0.15) is 6.42 Å². The van der Waals surface area contributed by atoms with E-state index in [4.69, 9.17) is 0 Å². The van der Waals surface area contributed by atoms with Gasteiger partial charge in [0.25, 0.3) is 0 Å². The van der Waals surface area contributed by atoms with Crippen LogP contribution in [0.5, 0.6) is 0 Å². The minimum absolute atomic E-state index is 0. The average Bonchev–Trinajstić information content (AvgIpc) is 2.43. The van der Waals surface area contributed by atoms with Gasteiger partial charge in [-0.15, -0.1) is 12.4 Å². The van der Waals surface area contributed by atoms with E-state index in [2.05, 4.69) is 10.6 Å². The van der Waals surface area contributed by atoms with Crippen LogP contribution >= 0.6 is 12.4 Å². The Morgan fingerprint density at radius 3 is 2.22 bits per heavy atom. The first-order chi connectivity index (χ1) is 10.1. The summed E-state index contributed by atoms with van der Waals surface area (Å²) in [7, 11) is -2.55. The summed E-state index contributed by atoms with van der Waals surface area (Å²) in [6.07, 6.45) is -4.39. The molecule has 0 atom stereocenters. The first-order valence-electron chi connectivity index (χ1n) is 6.25. The third kappa shape index (κ3) is 8.16. The van der Waals surface area contributed by atoms with Gasteiger partial charge in [0.05, 0.1) is 4.90 Å². The largest absolute Gasteiger partial charge is 0.402 e. The van der Waals surface area contributed by atoms with E-state index < -0.39 is 22.7 Å². The van der Waals surface area contributed by atoms with Gasteiger partial charge in [-0.2, -0.15) is 13.2 Å². The van der Waals surface area contributed by atoms with Crippen molar-refractivity contribution in [3.8, 4) is 0 Å². The Kier molecular flexibility index (Phi) is 8.53. The van der Waals surface area contributed by atoms with E-state index in [1.807, 2.05) is 0 Å². The normalized spacial score (nSPS) is 11.7. The van der Waals surface area contributed by atoms with Crippen molar-refractivity contribution in [1.82, 2.24) is 10.0 Å². The van der Waals surface area contributed by atoms with Gasteiger partial charge < -0.3 is 10.6 Å². The fraction of sp³-hybridized carbons (Fsp3) is 0.417. The molecule has 0 aliphatic carbocycles. The summed E-state index contributed by atoms with van der Waals surface area (Å²) in [4.78, 5) is 11.1. The predicted octanol–water partition coefficient (Wildman–Crippen LogP) is 1.50. The number of amides is 1. The van der Waals surface area contributed by atoms with Crippen LogP contribution in [0.2, 0.25) is 0 Å². The van der Waals surface area contributed by atoms with Crippen LogP contribution < -0.4 is 15.4 Å². The van der Waals surface area contributed by atoms with Crippen LogP contribution in [0.4, 0.5) is 18.9 Å². The Hall–Kier alpha value is -1.36. The van der Waals surface area contributed by atoms with Gasteiger partial charge in [0.2, 0.25) is 15.9 Å². The third-order valence-electron chi connectivity index (χ3n) is 2.51. The van der Waals surface area contributed by atoms with E-state index in [1.165, 1.54) is 16.9 Å². The SMILES string of the molecule is CNCCC(=O)Nc1ccc(S(=O)(=O)NCC(F)(F)F)cc1.Cl. The average molecular weight is 376 g/mol. The number of nitrogens with one attached hydrogen (secondary N) is 3. The first kappa shape index (κ1) is 21.6. The first-order valence-corrected chi connectivity index (χ1v) is 7.73. The summed E-state index contributed by atoms with van der Waals surface area (Å²) in [5, 5.41) is 5.34. The Morgan fingerprint density at radius 1 is 1.17 bits per heavy atom. The van der Waals surface area contributed by atoms with E-state index in [9.17, 15) is 26.4 Å². The Labute approximate surface area is 138 Å². The molecule has 1 aromatic rings. The molecule has 0 fully saturated rings. The molecule has 11 heteroatoms. The summed E-state index contributed by atoms with van der Waals surface area (Å²) in [5.41, 5.74) is 0.357. The Bertz CT molecular complexity index is 606. The molecule has 0 saturated carbocycles. The highest BCUT2D eigenvalue weighted by Crippen LogP contribution is 2.17. The highest BCUT2D eigenvalue weighted by Gasteiger charge is 2.29. The summed E-state index contributed by atoms with van der Waals surface area (Å²) < 4.78 is 60.8. The molecule has 1 aromatic carbocycles. The standard InChI is InChI=1S/C12H16F3N3O3S.ClH/c1-16-7-6-11(19)18-9-2-4-10(5-3-9)22(20,21)17-8-12(13,14)15;/h2-5,16-17H,6-8H2,1H3,(H,18,19);1H. The van der Waals surface area contributed by atoms with Crippen molar-refractivity contribution < 1.29 is 26.4 Å². The van der Waals surface area contributed by atoms with Crippen LogP contribution in [0.25, 0.3) is 0 Å². The van der Waals surface area contributed by atoms with Crippen molar-refractivity contribution in [2.45, 2.75) is 17.5 Å². The number of sulfonamides is 1. The molecule has 0 aliphatic heterocycles. The molecular formula is C12H17ClF3N3O3S. The third-order valence-corrected chi connectivity index (χ3v) is 3.93. The second-order valence-electron chi connectivity index (χ2n) is 4.37. The minimum Gasteiger partial charge on any atom is -0.326 e. The van der Waals surface area contributed by atoms with Crippen molar-refractivity contribution in [2.24, 2.45) is 0 Å². The number of carbonyl (C=O) groups excluding carboxylic acids is 1. The molecule has 23 heavy (non-hydrogen) atoms. The quantitative estimate of drug-likeness (QED) is 0.674. The molecule has 0 radical (unpaired) electrons. The molecule has 0 heterocycles. The molecule has 6 nitrogen and oxygen atoms in total. The van der Waals surface area contributed by atoms with Gasteiger partial charge in [-0.3, -0.25) is 4.79 Å². The lowest BCUT2D eigenvalue weighted by molar-refractivity contribution is -0.121. The number of rotatable bonds is 7. The number of anilines is 1. The van der Waals surface area contributed by atoms with Crippen LogP contribution in [-0.2, 0) is 14.8 Å². The van der Waals surface area contributed by atoms with Crippen molar-refractivity contribution in [1.29, 1.82) is 0 Å². The van der Waals surface area contributed by atoms with Crippen LogP contribution in [0, 0.1) is 0 Å². The van der Waals surface area contributed by atoms with Gasteiger partial charge in [0, 0.05) is 18.7 Å². The molecule has 0 aliphatic rings. The van der Waals surface area contributed by atoms with Crippen molar-refractivity contribution >= 4 is 34.0 Å². The molecule has 3 N–H and O–H groups in total. The number of alkyl halides is 3. The maximum atomic E-state index is 12.0. The van der Waals surface area contributed by atoms with E-state index in [0.29, 0.717) is 12.2 Å². The zero-order valence-corrected chi connectivity index (χ0v) is 13.7. The van der Waals surface area contributed by atoms with E-state index >= 15 is 0 Å². The van der Waals surface area contributed by atoms with Gasteiger partial charge in [0.1, 0.15) is 6.54 Å². The molecule has 0 aromatic heterocycles. The maximum Gasteiger partial charge on any atom is 0.402 e. The highest BCUT2D eigenvalue weighted by atomic mass is 35.5. The molecule has 0 saturated heterocycles. The lowest BCUT2D eigenvalue weighted by atomic mass is 10.3. The van der Waals surface area contributed by atoms with Crippen molar-refractivity contribution in [3.63, 3.8) is 0 Å². The Balaban J connectivity index is 0.00000484. The summed E-state index contributed by atoms with van der Waals surface area (Å²) in [5.74, 6) is -0.264. The number of hydrogen-bond donors (Lipinski definition) is 3. The minimum atomic E-state index is -4.63. The maximum absolute atomic E-state index is 12.0. The number of carbonyl (C=O) groups is 1. The fourth-order valence-electron chi connectivity index (χ4n) is 1.44. The van der Waals surface area contributed by atoms with Crippen molar-refractivity contribution in [3.05, 3.63) is 24.3 Å². The molecule has 0 spiro atoms. The molecule has 1 amide bonds. The number of benzene rings is 1. The number of hydrogen-bond acceptors (Lipinski definition) is 4. The van der Waals surface area contributed by atoms with Gasteiger partial charge >= 0.3 is 6.18 Å². The zero-order chi connectivity index (χ0) is 16.8. The molecule has 0 unspecified atom stereocenters. The van der Waals surface area contributed by atoms with Crippen molar-refractivity contribution in [2.75, 3.05) is 25.5 Å². The zero-order valence-electron chi connectivity index (χ0n) is 12.1. The summed E-state index contributed by atoms with van der Waals surface area (Å²) >= 11 is 0. The van der Waals surface area contributed by atoms with Gasteiger partial charge in [0.15, 0.2) is 0 Å². The molecule has 0 bridgehead atoms. The van der Waals surface area contributed by atoms with E-state index in [0.717, 1.165) is 12.1 Å². The molecule has 1 rings (SSSR count). The molecule has 132 valence electrons. The topological polar surface area (TPSA) is 87.3 Å². The summed E-state index contributed by atoms with van der Waals surface area (Å²) in [6.45, 7) is -1.16. The van der Waals surface area contributed by atoms with Gasteiger partial charge in [-0.1, -0.05) is 0 Å². The number of halogens is 4. The monoisotopic (exact) mass is 375 g/mol. The lowest BCUT2D eigenvalue weighted by Gasteiger charge is -2.10. The predicted molar refractivity (Wildman–Crippen MR) is 82.1 cm³/mol. The van der Waals surface area contributed by atoms with E-state index in [1.54, 1.807) is 7.05 Å². The fourth-order valence-corrected chi connectivity index (χ4v) is 2.45.